The van der Waals surface area contributed by atoms with Gasteiger partial charge in [-0.1, -0.05) is 11.2 Å². The number of carbonyl (C=O) groups excluding carboxylic acids is 1. The van der Waals surface area contributed by atoms with Gasteiger partial charge in [0.05, 0.1) is 6.04 Å². The summed E-state index contributed by atoms with van der Waals surface area (Å²) in [6.07, 6.45) is 1.78. The summed E-state index contributed by atoms with van der Waals surface area (Å²) in [5.74, 6) is 0.290. The Labute approximate surface area is 122 Å². The van der Waals surface area contributed by atoms with Crippen molar-refractivity contribution in [2.45, 2.75) is 25.5 Å². The highest BCUT2D eigenvalue weighted by atomic mass is 16.5. The molecule has 3 rings (SSSR count). The molecule has 1 atom stereocenters. The second kappa shape index (κ2) is 5.57. The molecule has 3 N–H and O–H groups in total. The summed E-state index contributed by atoms with van der Waals surface area (Å²) in [5, 5.41) is 6.74. The number of ether oxygens (including phenoxy) is 1. The Morgan fingerprint density at radius 3 is 3.19 bits per heavy atom. The number of aryl methyl sites for hydroxylation is 1. The molecule has 0 saturated carbocycles. The quantitative estimate of drug-likeness (QED) is 0.837. The van der Waals surface area contributed by atoms with Crippen molar-refractivity contribution in [3.63, 3.8) is 0 Å². The van der Waals surface area contributed by atoms with E-state index in [1.807, 2.05) is 18.2 Å². The van der Waals surface area contributed by atoms with E-state index in [9.17, 15) is 4.79 Å². The minimum atomic E-state index is -0.240. The number of nitrogens with two attached hydrogens (primary N) is 1. The van der Waals surface area contributed by atoms with E-state index < -0.39 is 0 Å². The Morgan fingerprint density at radius 2 is 2.38 bits per heavy atom. The van der Waals surface area contributed by atoms with Crippen molar-refractivity contribution < 1.29 is 14.1 Å². The van der Waals surface area contributed by atoms with Gasteiger partial charge in [0.2, 0.25) is 0 Å². The summed E-state index contributed by atoms with van der Waals surface area (Å²) in [6.45, 7) is 0.297. The van der Waals surface area contributed by atoms with Gasteiger partial charge < -0.3 is 20.3 Å². The molecule has 0 spiro atoms. The maximum Gasteiger partial charge on any atom is 0.273 e. The Balaban J connectivity index is 1.71. The first-order valence-electron chi connectivity index (χ1n) is 6.81. The predicted octanol–water partition coefficient (Wildman–Crippen LogP) is 1.82. The van der Waals surface area contributed by atoms with E-state index >= 15 is 0 Å². The number of benzene rings is 1. The largest absolute Gasteiger partial charge is 0.399 e. The van der Waals surface area contributed by atoms with Crippen LogP contribution in [0.15, 0.2) is 28.8 Å². The normalized spacial score (nSPS) is 16.7. The molecule has 0 saturated heterocycles. The zero-order valence-corrected chi connectivity index (χ0v) is 11.8. The lowest BCUT2D eigenvalue weighted by molar-refractivity contribution is 0.0927. The summed E-state index contributed by atoms with van der Waals surface area (Å²) < 4.78 is 9.96. The van der Waals surface area contributed by atoms with E-state index in [0.717, 1.165) is 24.1 Å². The zero-order valence-electron chi connectivity index (χ0n) is 11.8. The van der Waals surface area contributed by atoms with Gasteiger partial charge in [-0.3, -0.25) is 4.79 Å². The van der Waals surface area contributed by atoms with Crippen LogP contribution < -0.4 is 11.1 Å². The van der Waals surface area contributed by atoms with Crippen LogP contribution in [0, 0.1) is 0 Å². The van der Waals surface area contributed by atoms with Crippen molar-refractivity contribution in [2.75, 3.05) is 12.8 Å². The van der Waals surface area contributed by atoms with Gasteiger partial charge >= 0.3 is 0 Å². The maximum absolute atomic E-state index is 12.2. The predicted molar refractivity (Wildman–Crippen MR) is 76.6 cm³/mol. The first kappa shape index (κ1) is 13.6. The standard InChI is InChI=1S/C15H17N3O3/c1-20-8-11-7-14(18-21-11)15(19)17-13-5-2-9-6-10(16)3-4-12(9)13/h3-4,6-7,13H,2,5,8,16H2,1H3,(H,17,19). The number of anilines is 1. The molecule has 1 aromatic carbocycles. The first-order valence-corrected chi connectivity index (χ1v) is 6.81. The van der Waals surface area contributed by atoms with E-state index in [1.165, 1.54) is 5.56 Å². The van der Waals surface area contributed by atoms with E-state index in [-0.39, 0.29) is 17.6 Å². The molecule has 0 bridgehead atoms. The number of aromatic nitrogens is 1. The number of amides is 1. The van der Waals surface area contributed by atoms with Crippen LogP contribution in [-0.2, 0) is 17.8 Å². The van der Waals surface area contributed by atoms with E-state index in [2.05, 4.69) is 10.5 Å². The van der Waals surface area contributed by atoms with Crippen LogP contribution >= 0.6 is 0 Å². The third-order valence-electron chi connectivity index (χ3n) is 3.63. The Morgan fingerprint density at radius 1 is 1.52 bits per heavy atom. The summed E-state index contributed by atoms with van der Waals surface area (Å²) in [5.41, 5.74) is 9.12. The third kappa shape index (κ3) is 2.75. The van der Waals surface area contributed by atoms with Gasteiger partial charge in [0.15, 0.2) is 11.5 Å². The SMILES string of the molecule is COCc1cc(C(=O)NC2CCc3cc(N)ccc32)no1. The summed E-state index contributed by atoms with van der Waals surface area (Å²) >= 11 is 0. The fourth-order valence-electron chi connectivity index (χ4n) is 2.65. The lowest BCUT2D eigenvalue weighted by atomic mass is 10.1. The lowest BCUT2D eigenvalue weighted by Crippen LogP contribution is -2.27. The zero-order chi connectivity index (χ0) is 14.8. The van der Waals surface area contributed by atoms with Crippen LogP contribution in [-0.4, -0.2) is 18.2 Å². The van der Waals surface area contributed by atoms with Gasteiger partial charge in [0.1, 0.15) is 6.61 Å². The molecule has 1 heterocycles. The summed E-state index contributed by atoms with van der Waals surface area (Å²) in [7, 11) is 1.56. The number of nitrogen functional groups attached to an aromatic ring is 1. The van der Waals surface area contributed by atoms with Crippen LogP contribution in [0.3, 0.4) is 0 Å². The molecule has 1 unspecified atom stereocenters. The average Bonchev–Trinajstić information content (AvgIpc) is 3.06. The fraction of sp³-hybridized carbons (Fsp3) is 0.333. The van der Waals surface area contributed by atoms with Gasteiger partial charge in [-0.05, 0) is 36.1 Å². The smallest absolute Gasteiger partial charge is 0.273 e. The number of rotatable bonds is 4. The van der Waals surface area contributed by atoms with E-state index in [1.54, 1.807) is 13.2 Å². The molecule has 21 heavy (non-hydrogen) atoms. The molecule has 6 nitrogen and oxygen atoms in total. The lowest BCUT2D eigenvalue weighted by Gasteiger charge is -2.13. The average molecular weight is 287 g/mol. The van der Waals surface area contributed by atoms with Gasteiger partial charge in [0, 0.05) is 18.9 Å². The van der Waals surface area contributed by atoms with E-state index in [4.69, 9.17) is 15.0 Å². The molecule has 2 aromatic rings. The monoisotopic (exact) mass is 287 g/mol. The minimum absolute atomic E-state index is 0.00400. The van der Waals surface area contributed by atoms with Crippen molar-refractivity contribution >= 4 is 11.6 Å². The molecule has 0 fully saturated rings. The molecular formula is C15H17N3O3. The highest BCUT2D eigenvalue weighted by Gasteiger charge is 2.25. The second-order valence-electron chi connectivity index (χ2n) is 5.13. The molecule has 6 heteroatoms. The molecular weight excluding hydrogens is 270 g/mol. The second-order valence-corrected chi connectivity index (χ2v) is 5.13. The molecule has 1 aliphatic rings. The van der Waals surface area contributed by atoms with Crippen molar-refractivity contribution in [1.29, 1.82) is 0 Å². The van der Waals surface area contributed by atoms with Crippen molar-refractivity contribution in [2.24, 2.45) is 0 Å². The van der Waals surface area contributed by atoms with Crippen LogP contribution in [0.25, 0.3) is 0 Å². The third-order valence-corrected chi connectivity index (χ3v) is 3.63. The summed E-state index contributed by atoms with van der Waals surface area (Å²) in [4.78, 5) is 12.2. The molecule has 0 radical (unpaired) electrons. The van der Waals surface area contributed by atoms with Gasteiger partial charge in [0.25, 0.3) is 5.91 Å². The Kier molecular flexibility index (Phi) is 3.62. The molecule has 1 amide bonds. The van der Waals surface area contributed by atoms with Crippen LogP contribution in [0.2, 0.25) is 0 Å². The van der Waals surface area contributed by atoms with Crippen molar-refractivity contribution in [1.82, 2.24) is 10.5 Å². The highest BCUT2D eigenvalue weighted by molar-refractivity contribution is 5.92. The van der Waals surface area contributed by atoms with Gasteiger partial charge in [-0.25, -0.2) is 0 Å². The summed E-state index contributed by atoms with van der Waals surface area (Å²) in [6, 6.07) is 7.39. The Hall–Kier alpha value is -2.34. The fourth-order valence-corrected chi connectivity index (χ4v) is 2.65. The highest BCUT2D eigenvalue weighted by Crippen LogP contribution is 2.32. The number of hydrogen-bond donors (Lipinski definition) is 2. The number of hydrogen-bond acceptors (Lipinski definition) is 5. The number of nitrogens with zero attached hydrogens (tertiary/aromatic N) is 1. The molecule has 1 aliphatic carbocycles. The Bertz CT molecular complexity index is 666. The molecule has 0 aliphatic heterocycles. The van der Waals surface area contributed by atoms with E-state index in [0.29, 0.717) is 12.4 Å². The number of nitrogens with one attached hydrogen (secondary N) is 1. The van der Waals surface area contributed by atoms with Crippen molar-refractivity contribution in [3.8, 4) is 0 Å². The molecule has 1 aromatic heterocycles. The number of fused-ring (bicyclic) bond motifs is 1. The van der Waals surface area contributed by atoms with Crippen LogP contribution in [0.4, 0.5) is 5.69 Å². The van der Waals surface area contributed by atoms with Crippen LogP contribution in [0.5, 0.6) is 0 Å². The van der Waals surface area contributed by atoms with Crippen LogP contribution in [0.1, 0.15) is 39.8 Å². The minimum Gasteiger partial charge on any atom is -0.399 e. The number of methoxy groups -OCH3 is 1. The number of carbonyl (C=O) groups is 1. The topological polar surface area (TPSA) is 90.4 Å². The maximum atomic E-state index is 12.2. The molecule has 110 valence electrons. The van der Waals surface area contributed by atoms with Crippen molar-refractivity contribution in [3.05, 3.63) is 46.8 Å². The first-order chi connectivity index (χ1) is 10.2. The van der Waals surface area contributed by atoms with Gasteiger partial charge in [-0.2, -0.15) is 0 Å². The van der Waals surface area contributed by atoms with Gasteiger partial charge in [-0.15, -0.1) is 0 Å².